The zero-order valence-electron chi connectivity index (χ0n) is 19.2. The molecule has 0 radical (unpaired) electrons. The molecule has 3 aromatic rings. The first-order valence-electron chi connectivity index (χ1n) is 10.4. The predicted molar refractivity (Wildman–Crippen MR) is 113 cm³/mol. The monoisotopic (exact) mass is 580 g/mol. The van der Waals surface area contributed by atoms with Crippen LogP contribution in [0.1, 0.15) is 32.3 Å². The number of benzene rings is 3. The largest absolute Gasteiger partial charge is 0.203 e. The van der Waals surface area contributed by atoms with Gasteiger partial charge < -0.3 is 0 Å². The van der Waals surface area contributed by atoms with Crippen LogP contribution in [0.25, 0.3) is 22.3 Å². The smallest absolute Gasteiger partial charge is 0.200 e. The van der Waals surface area contributed by atoms with Crippen LogP contribution < -0.4 is 0 Å². The first-order chi connectivity index (χ1) is 17.6. The summed E-state index contributed by atoms with van der Waals surface area (Å²) in [4.78, 5) is 0. The second kappa shape index (κ2) is 10.3. The molecule has 0 fully saturated rings. The summed E-state index contributed by atoms with van der Waals surface area (Å²) in [5.74, 6) is -34.6. The molecule has 0 amide bonds. The van der Waals surface area contributed by atoms with Crippen molar-refractivity contribution in [3.63, 3.8) is 0 Å². The van der Waals surface area contributed by atoms with Crippen molar-refractivity contribution in [1.82, 2.24) is 0 Å². The van der Waals surface area contributed by atoms with Crippen molar-refractivity contribution >= 4 is 11.8 Å². The van der Waals surface area contributed by atoms with Gasteiger partial charge in [0, 0.05) is 10.3 Å². The number of halogens is 13. The lowest BCUT2D eigenvalue weighted by molar-refractivity contribution is 0.379. The molecule has 3 aromatic carbocycles. The van der Waals surface area contributed by atoms with E-state index in [4.69, 9.17) is 0 Å². The highest BCUT2D eigenvalue weighted by molar-refractivity contribution is 7.99. The van der Waals surface area contributed by atoms with Crippen LogP contribution in [0.4, 0.5) is 57.1 Å². The fraction of sp³-hybridized carbons (Fsp3) is 0.250. The average molecular weight is 580 g/mol. The van der Waals surface area contributed by atoms with Crippen molar-refractivity contribution in [2.75, 3.05) is 6.26 Å². The molecular formula is C24H13F13S. The van der Waals surface area contributed by atoms with Gasteiger partial charge in [-0.2, -0.15) is 11.8 Å². The van der Waals surface area contributed by atoms with Gasteiger partial charge in [-0.1, -0.05) is 13.8 Å². The summed E-state index contributed by atoms with van der Waals surface area (Å²) in [6.07, 6.45) is 1.19. The number of hydrogen-bond donors (Lipinski definition) is 0. The van der Waals surface area contributed by atoms with Crippen molar-refractivity contribution < 1.29 is 57.1 Å². The summed E-state index contributed by atoms with van der Waals surface area (Å²) in [6, 6.07) is 0. The third-order valence-corrected chi connectivity index (χ3v) is 7.79. The van der Waals surface area contributed by atoms with E-state index in [2.05, 4.69) is 0 Å². The minimum absolute atomic E-state index is 0.0840. The molecule has 0 aliphatic rings. The molecule has 0 aromatic heterocycles. The zero-order valence-corrected chi connectivity index (χ0v) is 20.1. The van der Waals surface area contributed by atoms with Crippen molar-refractivity contribution in [2.24, 2.45) is 0 Å². The van der Waals surface area contributed by atoms with Gasteiger partial charge in [0.05, 0.1) is 22.3 Å². The van der Waals surface area contributed by atoms with Crippen LogP contribution in [0.5, 0.6) is 0 Å². The van der Waals surface area contributed by atoms with Crippen molar-refractivity contribution in [2.45, 2.75) is 31.4 Å². The number of rotatable bonds is 6. The second-order valence-corrected chi connectivity index (χ2v) is 9.05. The Labute approximate surface area is 210 Å². The van der Waals surface area contributed by atoms with Crippen LogP contribution in [-0.4, -0.2) is 6.26 Å². The minimum Gasteiger partial charge on any atom is -0.203 e. The quantitative estimate of drug-likeness (QED) is 0.159. The molecule has 38 heavy (non-hydrogen) atoms. The van der Waals surface area contributed by atoms with Gasteiger partial charge in [0.1, 0.15) is 0 Å². The molecule has 3 rings (SSSR count). The van der Waals surface area contributed by atoms with E-state index in [-0.39, 0.29) is 12.8 Å². The van der Waals surface area contributed by atoms with E-state index in [9.17, 15) is 39.5 Å². The molecule has 0 N–H and O–H groups in total. The van der Waals surface area contributed by atoms with E-state index in [1.165, 1.54) is 20.1 Å². The Morgan fingerprint density at radius 2 is 0.605 bits per heavy atom. The predicted octanol–water partition coefficient (Wildman–Crippen LogP) is 9.21. The van der Waals surface area contributed by atoms with E-state index in [0.717, 1.165) is 11.8 Å². The van der Waals surface area contributed by atoms with Crippen LogP contribution in [0.2, 0.25) is 0 Å². The Bertz CT molecular complexity index is 1370. The van der Waals surface area contributed by atoms with E-state index in [0.29, 0.717) is 0 Å². The Hall–Kier alpha value is -2.90. The van der Waals surface area contributed by atoms with Gasteiger partial charge in [-0.25, -0.2) is 57.1 Å². The average Bonchev–Trinajstić information content (AvgIpc) is 2.90. The molecule has 0 bridgehead atoms. The first-order valence-corrected chi connectivity index (χ1v) is 11.7. The topological polar surface area (TPSA) is 0 Å². The van der Waals surface area contributed by atoms with Gasteiger partial charge in [0.25, 0.3) is 0 Å². The summed E-state index contributed by atoms with van der Waals surface area (Å²) in [5.41, 5.74) is -10.7. The van der Waals surface area contributed by atoms with Crippen LogP contribution >= 0.6 is 11.8 Å². The molecule has 14 heteroatoms. The Balaban J connectivity index is 2.48. The lowest BCUT2D eigenvalue weighted by atomic mass is 9.88. The van der Waals surface area contributed by atoms with Crippen molar-refractivity contribution in [3.8, 4) is 22.3 Å². The van der Waals surface area contributed by atoms with E-state index in [1.54, 1.807) is 0 Å². The Morgan fingerprint density at radius 3 is 0.842 bits per heavy atom. The molecule has 0 unspecified atom stereocenters. The molecule has 0 saturated heterocycles. The summed E-state index contributed by atoms with van der Waals surface area (Å²) in [7, 11) is 0. The molecule has 0 nitrogen and oxygen atoms in total. The third kappa shape index (κ3) is 4.02. The highest BCUT2D eigenvalue weighted by Gasteiger charge is 2.41. The maximum absolute atomic E-state index is 15.0. The standard InChI is InChI=1S/C24H13F13S/c1-4-24(5-2,38-3)10-19(33)15(29)8(16(30)20(10)34)6-11(25)13(27)7(14(28)12(6)26)9-17(31)21(35)23(37)22(36)18(9)32/h4-5H2,1-3H3. The number of thioether (sulfide) groups is 1. The van der Waals surface area contributed by atoms with E-state index in [1.807, 2.05) is 0 Å². The van der Waals surface area contributed by atoms with Gasteiger partial charge in [0.2, 0.25) is 5.82 Å². The second-order valence-electron chi connectivity index (χ2n) is 7.86. The normalized spacial score (nSPS) is 12.0. The molecule has 206 valence electrons. The van der Waals surface area contributed by atoms with Gasteiger partial charge in [-0.05, 0) is 19.1 Å². The minimum atomic E-state index is -2.87. The fourth-order valence-corrected chi connectivity index (χ4v) is 5.10. The van der Waals surface area contributed by atoms with Crippen LogP contribution in [-0.2, 0) is 4.75 Å². The van der Waals surface area contributed by atoms with Gasteiger partial charge in [-0.15, -0.1) is 0 Å². The molecule has 0 atom stereocenters. The molecule has 0 aliphatic heterocycles. The maximum atomic E-state index is 15.0. The fourth-order valence-electron chi connectivity index (χ4n) is 4.14. The maximum Gasteiger partial charge on any atom is 0.200 e. The summed E-state index contributed by atoms with van der Waals surface area (Å²) >= 11 is 0.794. The summed E-state index contributed by atoms with van der Waals surface area (Å²) in [6.45, 7) is 2.84. The van der Waals surface area contributed by atoms with Crippen LogP contribution in [0.3, 0.4) is 0 Å². The molecular weight excluding hydrogens is 567 g/mol. The lowest BCUT2D eigenvalue weighted by Gasteiger charge is -2.31. The van der Waals surface area contributed by atoms with Gasteiger partial charge in [0.15, 0.2) is 69.8 Å². The molecule has 0 heterocycles. The van der Waals surface area contributed by atoms with Crippen LogP contribution in [0.15, 0.2) is 0 Å². The van der Waals surface area contributed by atoms with Gasteiger partial charge in [-0.3, -0.25) is 0 Å². The van der Waals surface area contributed by atoms with E-state index >= 15 is 17.6 Å². The lowest BCUT2D eigenvalue weighted by Crippen LogP contribution is -2.25. The Morgan fingerprint density at radius 1 is 0.395 bits per heavy atom. The first kappa shape index (κ1) is 29.7. The van der Waals surface area contributed by atoms with E-state index < -0.39 is 108 Å². The number of hydrogen-bond acceptors (Lipinski definition) is 1. The molecule has 0 saturated carbocycles. The van der Waals surface area contributed by atoms with Gasteiger partial charge >= 0.3 is 0 Å². The van der Waals surface area contributed by atoms with Crippen LogP contribution in [0, 0.1) is 75.6 Å². The zero-order chi connectivity index (χ0) is 29.0. The highest BCUT2D eigenvalue weighted by atomic mass is 32.2. The van der Waals surface area contributed by atoms with Crippen molar-refractivity contribution in [3.05, 3.63) is 81.2 Å². The highest BCUT2D eigenvalue weighted by Crippen LogP contribution is 2.48. The summed E-state index contributed by atoms with van der Waals surface area (Å²) < 4.78 is 187. The van der Waals surface area contributed by atoms with Crippen molar-refractivity contribution in [1.29, 1.82) is 0 Å². The molecule has 0 spiro atoms. The molecule has 0 aliphatic carbocycles. The SMILES string of the molecule is CCC(CC)(SC)c1c(F)c(F)c(-c2c(F)c(F)c(-c3c(F)c(F)c(F)c(F)c3F)c(F)c2F)c(F)c1F. The third-order valence-electron chi connectivity index (χ3n) is 6.23. The Kier molecular flexibility index (Phi) is 8.07. The summed E-state index contributed by atoms with van der Waals surface area (Å²) in [5, 5.41) is 0.